The van der Waals surface area contributed by atoms with Crippen LogP contribution >= 0.6 is 11.8 Å². The quantitative estimate of drug-likeness (QED) is 0.702. The van der Waals surface area contributed by atoms with Gasteiger partial charge in [0.05, 0.1) is 6.61 Å². The predicted octanol–water partition coefficient (Wildman–Crippen LogP) is 1.64. The van der Waals surface area contributed by atoms with Gasteiger partial charge in [0.2, 0.25) is 5.91 Å². The highest BCUT2D eigenvalue weighted by Crippen LogP contribution is 2.34. The molecular weight excluding hydrogens is 274 g/mol. The minimum absolute atomic E-state index is 0.0202. The molecule has 116 valence electrons. The summed E-state index contributed by atoms with van der Waals surface area (Å²) in [5.74, 6) is 1.05. The lowest BCUT2D eigenvalue weighted by atomic mass is 9.84. The average molecular weight is 301 g/mol. The summed E-state index contributed by atoms with van der Waals surface area (Å²) in [6.45, 7) is 8.23. The maximum Gasteiger partial charge on any atom is 0.242 e. The summed E-state index contributed by atoms with van der Waals surface area (Å²) in [5, 5.41) is 6.90. The number of nitrogens with zero attached hydrogens (tertiary/aromatic N) is 1. The topological polar surface area (TPSA) is 62.7 Å². The molecule has 0 fully saturated rings. The molecule has 0 aromatic rings. The van der Waals surface area contributed by atoms with Gasteiger partial charge in [-0.3, -0.25) is 9.79 Å². The van der Waals surface area contributed by atoms with Gasteiger partial charge in [-0.1, -0.05) is 25.6 Å². The van der Waals surface area contributed by atoms with E-state index in [1.807, 2.05) is 6.92 Å². The minimum Gasteiger partial charge on any atom is -0.383 e. The molecule has 1 atom stereocenters. The number of carbonyl (C=O) groups is 1. The van der Waals surface area contributed by atoms with E-state index >= 15 is 0 Å². The fourth-order valence-corrected chi connectivity index (χ4v) is 3.36. The number of aliphatic imine (C=N–C) groups is 1. The molecule has 0 bridgehead atoms. The summed E-state index contributed by atoms with van der Waals surface area (Å²) >= 11 is 1.73. The normalized spacial score (nSPS) is 19.1. The first kappa shape index (κ1) is 17.3. The van der Waals surface area contributed by atoms with Crippen molar-refractivity contribution in [2.45, 2.75) is 39.7 Å². The SMILES string of the molecule is CCC1(CC)CN=C(NC(C)C(=O)NCCOC)SC1. The van der Waals surface area contributed by atoms with Crippen LogP contribution in [-0.2, 0) is 9.53 Å². The van der Waals surface area contributed by atoms with Gasteiger partial charge in [0.15, 0.2) is 5.17 Å². The van der Waals surface area contributed by atoms with Gasteiger partial charge in [0.1, 0.15) is 6.04 Å². The Morgan fingerprint density at radius 1 is 1.50 bits per heavy atom. The third kappa shape index (κ3) is 4.98. The van der Waals surface area contributed by atoms with Gasteiger partial charge in [0, 0.05) is 26.0 Å². The largest absolute Gasteiger partial charge is 0.383 e. The molecule has 1 amide bonds. The highest BCUT2D eigenvalue weighted by Gasteiger charge is 2.30. The van der Waals surface area contributed by atoms with Crippen molar-refractivity contribution in [1.82, 2.24) is 10.6 Å². The van der Waals surface area contributed by atoms with E-state index in [-0.39, 0.29) is 11.9 Å². The van der Waals surface area contributed by atoms with Gasteiger partial charge in [-0.15, -0.1) is 0 Å². The molecule has 5 nitrogen and oxygen atoms in total. The first-order valence-electron chi connectivity index (χ1n) is 7.27. The number of thioether (sulfide) groups is 1. The molecule has 0 saturated carbocycles. The lowest BCUT2D eigenvalue weighted by Gasteiger charge is -2.33. The van der Waals surface area contributed by atoms with Gasteiger partial charge in [-0.05, 0) is 25.2 Å². The molecule has 1 heterocycles. The van der Waals surface area contributed by atoms with E-state index in [0.29, 0.717) is 18.6 Å². The summed E-state index contributed by atoms with van der Waals surface area (Å²) < 4.78 is 4.91. The summed E-state index contributed by atoms with van der Waals surface area (Å²) in [5.41, 5.74) is 0.333. The molecule has 0 aliphatic carbocycles. The van der Waals surface area contributed by atoms with Gasteiger partial charge < -0.3 is 15.4 Å². The molecule has 0 saturated heterocycles. The molecule has 0 aromatic carbocycles. The standard InChI is InChI=1S/C14H27N3O2S/c1-5-14(6-2)9-16-13(20-10-14)17-11(3)12(18)15-7-8-19-4/h11H,5-10H2,1-4H3,(H,15,18)(H,16,17). The van der Waals surface area contributed by atoms with Crippen LogP contribution < -0.4 is 10.6 Å². The zero-order valence-electron chi connectivity index (χ0n) is 13.0. The van der Waals surface area contributed by atoms with Crippen LogP contribution in [0.4, 0.5) is 0 Å². The van der Waals surface area contributed by atoms with Crippen LogP contribution in [0.1, 0.15) is 33.6 Å². The highest BCUT2D eigenvalue weighted by atomic mass is 32.2. The second kappa shape index (κ2) is 8.52. The molecule has 1 rings (SSSR count). The third-order valence-corrected chi connectivity index (χ3v) is 5.19. The molecule has 0 aromatic heterocycles. The van der Waals surface area contributed by atoms with Gasteiger partial charge >= 0.3 is 0 Å². The summed E-state index contributed by atoms with van der Waals surface area (Å²) in [7, 11) is 1.62. The molecule has 1 aliphatic heterocycles. The summed E-state index contributed by atoms with van der Waals surface area (Å²) in [4.78, 5) is 16.4. The number of rotatable bonds is 7. The van der Waals surface area contributed by atoms with E-state index in [2.05, 4.69) is 29.5 Å². The maximum absolute atomic E-state index is 11.8. The third-order valence-electron chi connectivity index (χ3n) is 3.91. The van der Waals surface area contributed by atoms with Crippen molar-refractivity contribution < 1.29 is 9.53 Å². The number of nitrogens with one attached hydrogen (secondary N) is 2. The van der Waals surface area contributed by atoms with Crippen molar-refractivity contribution in [3.63, 3.8) is 0 Å². The van der Waals surface area contributed by atoms with Crippen LogP contribution in [0.5, 0.6) is 0 Å². The smallest absolute Gasteiger partial charge is 0.242 e. The van der Waals surface area contributed by atoms with Crippen LogP contribution in [0.2, 0.25) is 0 Å². The first-order chi connectivity index (χ1) is 9.56. The van der Waals surface area contributed by atoms with Crippen LogP contribution in [0.3, 0.4) is 0 Å². The summed E-state index contributed by atoms with van der Waals surface area (Å²) in [6, 6.07) is -0.270. The highest BCUT2D eigenvalue weighted by molar-refractivity contribution is 8.13. The van der Waals surface area contributed by atoms with Crippen LogP contribution in [0.15, 0.2) is 4.99 Å². The Bertz CT molecular complexity index is 343. The van der Waals surface area contributed by atoms with E-state index in [1.165, 1.54) is 0 Å². The van der Waals surface area contributed by atoms with Gasteiger partial charge in [-0.25, -0.2) is 0 Å². The Labute approximate surface area is 126 Å². The number of amides is 1. The monoisotopic (exact) mass is 301 g/mol. The van der Waals surface area contributed by atoms with Crippen LogP contribution in [0, 0.1) is 5.41 Å². The molecule has 20 heavy (non-hydrogen) atoms. The number of amidine groups is 1. The van der Waals surface area contributed by atoms with E-state index < -0.39 is 0 Å². The van der Waals surface area contributed by atoms with Crippen LogP contribution in [0.25, 0.3) is 0 Å². The number of hydrogen-bond donors (Lipinski definition) is 2. The Balaban J connectivity index is 2.41. The first-order valence-corrected chi connectivity index (χ1v) is 8.26. The predicted molar refractivity (Wildman–Crippen MR) is 85.3 cm³/mol. The van der Waals surface area contributed by atoms with Crippen molar-refractivity contribution in [2.24, 2.45) is 10.4 Å². The van der Waals surface area contributed by atoms with Gasteiger partial charge in [-0.2, -0.15) is 0 Å². The summed E-state index contributed by atoms with van der Waals surface area (Å²) in [6.07, 6.45) is 2.31. The fourth-order valence-electron chi connectivity index (χ4n) is 2.00. The Kier molecular flexibility index (Phi) is 7.37. The Morgan fingerprint density at radius 2 is 2.20 bits per heavy atom. The van der Waals surface area contributed by atoms with Crippen molar-refractivity contribution in [2.75, 3.05) is 32.6 Å². The zero-order valence-corrected chi connectivity index (χ0v) is 13.8. The fraction of sp³-hybridized carbons (Fsp3) is 0.857. The van der Waals surface area contributed by atoms with E-state index in [0.717, 1.165) is 30.3 Å². The molecule has 0 radical (unpaired) electrons. The maximum atomic E-state index is 11.8. The number of methoxy groups -OCH3 is 1. The van der Waals surface area contributed by atoms with E-state index in [4.69, 9.17) is 4.74 Å². The van der Waals surface area contributed by atoms with Crippen molar-refractivity contribution in [1.29, 1.82) is 0 Å². The Hall–Kier alpha value is -0.750. The van der Waals surface area contributed by atoms with Gasteiger partial charge in [0.25, 0.3) is 0 Å². The van der Waals surface area contributed by atoms with Crippen molar-refractivity contribution >= 4 is 22.8 Å². The lowest BCUT2D eigenvalue weighted by Crippen LogP contribution is -2.46. The molecule has 6 heteroatoms. The molecule has 0 spiro atoms. The average Bonchev–Trinajstić information content (AvgIpc) is 2.48. The number of carbonyl (C=O) groups excluding carboxylic acids is 1. The zero-order chi connectivity index (χ0) is 15.0. The second-order valence-corrected chi connectivity index (χ2v) is 6.23. The van der Waals surface area contributed by atoms with E-state index in [1.54, 1.807) is 18.9 Å². The number of hydrogen-bond acceptors (Lipinski definition) is 5. The number of ether oxygens (including phenoxy) is 1. The minimum atomic E-state index is -0.270. The van der Waals surface area contributed by atoms with E-state index in [9.17, 15) is 4.79 Å². The molecular formula is C14H27N3O2S. The molecule has 2 N–H and O–H groups in total. The molecule has 1 aliphatic rings. The lowest BCUT2D eigenvalue weighted by molar-refractivity contribution is -0.122. The van der Waals surface area contributed by atoms with Crippen LogP contribution in [-0.4, -0.2) is 49.7 Å². The Morgan fingerprint density at radius 3 is 2.70 bits per heavy atom. The second-order valence-electron chi connectivity index (χ2n) is 5.27. The van der Waals surface area contributed by atoms with Crippen molar-refractivity contribution in [3.05, 3.63) is 0 Å². The van der Waals surface area contributed by atoms with Crippen molar-refractivity contribution in [3.8, 4) is 0 Å². The molecule has 1 unspecified atom stereocenters.